The first-order valence-corrected chi connectivity index (χ1v) is 6.86. The molecular formula is C15H18ClN3. The molecule has 2 aromatic rings. The molecule has 2 heterocycles. The molecule has 0 radical (unpaired) electrons. The number of halogens is 1. The van der Waals surface area contributed by atoms with Gasteiger partial charge in [0.25, 0.3) is 0 Å². The number of pyridine rings is 2. The van der Waals surface area contributed by atoms with Crippen molar-refractivity contribution < 1.29 is 0 Å². The van der Waals surface area contributed by atoms with Gasteiger partial charge in [-0.15, -0.1) is 11.6 Å². The molecular weight excluding hydrogens is 258 g/mol. The first-order chi connectivity index (χ1) is 9.20. The van der Waals surface area contributed by atoms with E-state index >= 15 is 0 Å². The molecule has 19 heavy (non-hydrogen) atoms. The lowest BCUT2D eigenvalue weighted by atomic mass is 10.2. The first kappa shape index (κ1) is 13.8. The first-order valence-electron chi connectivity index (χ1n) is 6.33. The molecule has 0 unspecified atom stereocenters. The van der Waals surface area contributed by atoms with Crippen molar-refractivity contribution in [2.24, 2.45) is 0 Å². The Morgan fingerprint density at radius 3 is 2.79 bits per heavy atom. The summed E-state index contributed by atoms with van der Waals surface area (Å²) in [4.78, 5) is 10.8. The fourth-order valence-electron chi connectivity index (χ4n) is 1.98. The van der Waals surface area contributed by atoms with Crippen molar-refractivity contribution in [2.45, 2.75) is 19.2 Å². The van der Waals surface area contributed by atoms with Gasteiger partial charge in [-0.2, -0.15) is 0 Å². The Bertz CT molecular complexity index is 528. The Hall–Kier alpha value is -1.61. The van der Waals surface area contributed by atoms with Crippen LogP contribution in [0.4, 0.5) is 5.69 Å². The van der Waals surface area contributed by atoms with E-state index in [0.717, 1.165) is 35.6 Å². The summed E-state index contributed by atoms with van der Waals surface area (Å²) in [5.74, 6) is 0.483. The molecule has 0 aliphatic rings. The molecule has 0 saturated carbocycles. The maximum absolute atomic E-state index is 5.97. The lowest BCUT2D eigenvalue weighted by molar-refractivity contribution is 0.846. The van der Waals surface area contributed by atoms with Crippen LogP contribution in [0.2, 0.25) is 0 Å². The summed E-state index contributed by atoms with van der Waals surface area (Å²) >= 11 is 5.97. The number of likely N-dealkylation sites (N-methyl/N-ethyl adjacent to an activating group) is 1. The third-order valence-electron chi connectivity index (χ3n) is 3.08. The van der Waals surface area contributed by atoms with E-state index < -0.39 is 0 Å². The zero-order chi connectivity index (χ0) is 13.7. The highest BCUT2D eigenvalue weighted by Gasteiger charge is 2.08. The number of rotatable bonds is 5. The number of alkyl halides is 1. The molecule has 0 amide bonds. The summed E-state index contributed by atoms with van der Waals surface area (Å²) in [7, 11) is 2.08. The van der Waals surface area contributed by atoms with Crippen molar-refractivity contribution in [3.05, 3.63) is 53.6 Å². The minimum Gasteiger partial charge on any atom is -0.374 e. The van der Waals surface area contributed by atoms with Crippen LogP contribution < -0.4 is 4.90 Å². The third kappa shape index (κ3) is 3.67. The van der Waals surface area contributed by atoms with Gasteiger partial charge < -0.3 is 4.90 Å². The zero-order valence-corrected chi connectivity index (χ0v) is 12.1. The van der Waals surface area contributed by atoms with E-state index in [4.69, 9.17) is 11.6 Å². The van der Waals surface area contributed by atoms with E-state index in [1.54, 1.807) is 0 Å². The zero-order valence-electron chi connectivity index (χ0n) is 11.3. The van der Waals surface area contributed by atoms with Crippen molar-refractivity contribution in [1.29, 1.82) is 0 Å². The molecule has 0 fully saturated rings. The molecule has 0 spiro atoms. The standard InChI is InChI=1S/C15H18ClN3/c1-12-9-15(13(10-16)11-18-12)19(2)8-6-14-5-3-4-7-17-14/h3-5,7,9,11H,6,8,10H2,1-2H3. The van der Waals surface area contributed by atoms with Crippen LogP contribution in [0.15, 0.2) is 36.7 Å². The minimum absolute atomic E-state index is 0.483. The highest BCUT2D eigenvalue weighted by molar-refractivity contribution is 6.17. The maximum atomic E-state index is 5.97. The number of anilines is 1. The summed E-state index contributed by atoms with van der Waals surface area (Å²) in [6, 6.07) is 8.08. The van der Waals surface area contributed by atoms with E-state index in [1.165, 1.54) is 0 Å². The summed E-state index contributed by atoms with van der Waals surface area (Å²) in [6.07, 6.45) is 4.60. The molecule has 0 bridgehead atoms. The second-order valence-corrected chi connectivity index (χ2v) is 4.85. The van der Waals surface area contributed by atoms with Crippen molar-refractivity contribution >= 4 is 17.3 Å². The summed E-state index contributed by atoms with van der Waals surface area (Å²) in [5, 5.41) is 0. The van der Waals surface area contributed by atoms with Crippen LogP contribution in [-0.2, 0) is 12.3 Å². The van der Waals surface area contributed by atoms with Crippen LogP contribution in [0.3, 0.4) is 0 Å². The highest BCUT2D eigenvalue weighted by Crippen LogP contribution is 2.21. The molecule has 0 aromatic carbocycles. The van der Waals surface area contributed by atoms with Gasteiger partial charge in [-0.3, -0.25) is 9.97 Å². The fourth-order valence-corrected chi connectivity index (χ4v) is 2.19. The minimum atomic E-state index is 0.483. The summed E-state index contributed by atoms with van der Waals surface area (Å²) < 4.78 is 0. The quantitative estimate of drug-likeness (QED) is 0.785. The second-order valence-electron chi connectivity index (χ2n) is 4.58. The van der Waals surface area contributed by atoms with E-state index in [-0.39, 0.29) is 0 Å². The predicted molar refractivity (Wildman–Crippen MR) is 79.7 cm³/mol. The van der Waals surface area contributed by atoms with Crippen LogP contribution in [0, 0.1) is 6.92 Å². The second kappa shape index (κ2) is 6.53. The average Bonchev–Trinajstić information content (AvgIpc) is 2.46. The Labute approximate surface area is 119 Å². The lowest BCUT2D eigenvalue weighted by Gasteiger charge is -2.22. The van der Waals surface area contributed by atoms with E-state index in [2.05, 4.69) is 28.0 Å². The molecule has 2 aromatic heterocycles. The SMILES string of the molecule is Cc1cc(N(C)CCc2ccccn2)c(CCl)cn1. The molecule has 0 aliphatic heterocycles. The van der Waals surface area contributed by atoms with Crippen LogP contribution in [0.1, 0.15) is 17.0 Å². The van der Waals surface area contributed by atoms with Gasteiger partial charge >= 0.3 is 0 Å². The van der Waals surface area contributed by atoms with Crippen molar-refractivity contribution in [2.75, 3.05) is 18.5 Å². The summed E-state index contributed by atoms with van der Waals surface area (Å²) in [6.45, 7) is 2.90. The lowest BCUT2D eigenvalue weighted by Crippen LogP contribution is -2.22. The van der Waals surface area contributed by atoms with Gasteiger partial charge in [-0.25, -0.2) is 0 Å². The predicted octanol–water partition coefficient (Wildman–Crippen LogP) is 3.20. The third-order valence-corrected chi connectivity index (χ3v) is 3.37. The molecule has 3 nitrogen and oxygen atoms in total. The molecule has 0 N–H and O–H groups in total. The Morgan fingerprint density at radius 2 is 2.11 bits per heavy atom. The molecule has 2 rings (SSSR count). The Morgan fingerprint density at radius 1 is 1.26 bits per heavy atom. The van der Waals surface area contributed by atoms with E-state index in [1.807, 2.05) is 37.5 Å². The van der Waals surface area contributed by atoms with Gasteiger partial charge in [0.1, 0.15) is 0 Å². The Kier molecular flexibility index (Phi) is 4.74. The van der Waals surface area contributed by atoms with Gasteiger partial charge in [0, 0.05) is 55.0 Å². The van der Waals surface area contributed by atoms with E-state index in [0.29, 0.717) is 5.88 Å². The Balaban J connectivity index is 2.07. The van der Waals surface area contributed by atoms with Gasteiger partial charge in [-0.1, -0.05) is 6.07 Å². The van der Waals surface area contributed by atoms with Crippen LogP contribution in [0.25, 0.3) is 0 Å². The van der Waals surface area contributed by atoms with Gasteiger partial charge in [0.05, 0.1) is 5.88 Å². The van der Waals surface area contributed by atoms with Gasteiger partial charge in [-0.05, 0) is 25.1 Å². The van der Waals surface area contributed by atoms with Gasteiger partial charge in [0.2, 0.25) is 0 Å². The number of hydrogen-bond acceptors (Lipinski definition) is 3. The number of aryl methyl sites for hydroxylation is 1. The molecule has 0 saturated heterocycles. The van der Waals surface area contributed by atoms with Crippen LogP contribution in [-0.4, -0.2) is 23.6 Å². The van der Waals surface area contributed by atoms with Crippen molar-refractivity contribution in [1.82, 2.24) is 9.97 Å². The number of hydrogen-bond donors (Lipinski definition) is 0. The molecule has 0 atom stereocenters. The number of aromatic nitrogens is 2. The highest BCUT2D eigenvalue weighted by atomic mass is 35.5. The van der Waals surface area contributed by atoms with Crippen LogP contribution in [0.5, 0.6) is 0 Å². The maximum Gasteiger partial charge on any atom is 0.0509 e. The van der Waals surface area contributed by atoms with Crippen molar-refractivity contribution in [3.8, 4) is 0 Å². The average molecular weight is 276 g/mol. The van der Waals surface area contributed by atoms with E-state index in [9.17, 15) is 0 Å². The fraction of sp³-hybridized carbons (Fsp3) is 0.333. The smallest absolute Gasteiger partial charge is 0.0509 e. The summed E-state index contributed by atoms with van der Waals surface area (Å²) in [5.41, 5.74) is 4.33. The number of nitrogens with zero attached hydrogens (tertiary/aromatic N) is 3. The van der Waals surface area contributed by atoms with Crippen LogP contribution >= 0.6 is 11.6 Å². The monoisotopic (exact) mass is 275 g/mol. The molecule has 0 aliphatic carbocycles. The molecule has 4 heteroatoms. The van der Waals surface area contributed by atoms with Crippen molar-refractivity contribution in [3.63, 3.8) is 0 Å². The largest absolute Gasteiger partial charge is 0.374 e. The molecule has 100 valence electrons. The topological polar surface area (TPSA) is 29.0 Å². The normalized spacial score (nSPS) is 10.5. The van der Waals surface area contributed by atoms with Gasteiger partial charge in [0.15, 0.2) is 0 Å².